The van der Waals surface area contributed by atoms with Crippen molar-refractivity contribution in [3.05, 3.63) is 48.6 Å². The van der Waals surface area contributed by atoms with Crippen LogP contribution in [-0.4, -0.2) is 50.4 Å². The lowest BCUT2D eigenvalue weighted by atomic mass is 10.2. The lowest BCUT2D eigenvalue weighted by Gasteiger charge is -2.19. The minimum Gasteiger partial charge on any atom is -0.482 e. The molecule has 3 aromatic rings. The summed E-state index contributed by atoms with van der Waals surface area (Å²) < 4.78 is 28.0. The van der Waals surface area contributed by atoms with Crippen LogP contribution in [0.25, 0.3) is 5.52 Å². The summed E-state index contributed by atoms with van der Waals surface area (Å²) in [7, 11) is 1.79. The van der Waals surface area contributed by atoms with E-state index in [1.54, 1.807) is 30.3 Å². The molecule has 4 heterocycles. The van der Waals surface area contributed by atoms with Crippen LogP contribution < -0.4 is 10.1 Å². The van der Waals surface area contributed by atoms with Crippen LogP contribution in [0.1, 0.15) is 10.6 Å². The fourth-order valence-electron chi connectivity index (χ4n) is 2.81. The van der Waals surface area contributed by atoms with Crippen LogP contribution in [-0.2, 0) is 11.8 Å². The summed E-state index contributed by atoms with van der Waals surface area (Å²) in [5, 5.41) is 6.89. The van der Waals surface area contributed by atoms with Gasteiger partial charge in [-0.25, -0.2) is 9.37 Å². The highest BCUT2D eigenvalue weighted by atomic mass is 19.1. The van der Waals surface area contributed by atoms with Crippen molar-refractivity contribution in [2.24, 2.45) is 7.05 Å². The zero-order chi connectivity index (χ0) is 17.4. The second kappa shape index (κ2) is 6.17. The highest BCUT2D eigenvalue weighted by Crippen LogP contribution is 2.17. The van der Waals surface area contributed by atoms with Crippen molar-refractivity contribution in [3.63, 3.8) is 0 Å². The molecule has 0 aliphatic carbocycles. The summed E-state index contributed by atoms with van der Waals surface area (Å²) in [6.45, 7) is 0.686. The van der Waals surface area contributed by atoms with E-state index in [0.29, 0.717) is 19.0 Å². The van der Waals surface area contributed by atoms with Crippen molar-refractivity contribution < 1.29 is 18.7 Å². The number of nitrogens with one attached hydrogen (secondary N) is 1. The quantitative estimate of drug-likeness (QED) is 0.756. The summed E-state index contributed by atoms with van der Waals surface area (Å²) in [5.74, 6) is -0.135. The van der Waals surface area contributed by atoms with E-state index in [1.165, 1.54) is 22.7 Å². The summed E-state index contributed by atoms with van der Waals surface area (Å²) in [6, 6.07) is 2.50. The van der Waals surface area contributed by atoms with Gasteiger partial charge in [0.2, 0.25) is 5.82 Å². The third-order valence-corrected chi connectivity index (χ3v) is 4.04. The molecule has 1 fully saturated rings. The molecule has 0 spiro atoms. The number of amides is 1. The van der Waals surface area contributed by atoms with Crippen LogP contribution in [0.2, 0.25) is 0 Å². The molecule has 1 amide bonds. The van der Waals surface area contributed by atoms with E-state index >= 15 is 0 Å². The molecular weight excluding hydrogens is 329 g/mol. The molecule has 9 heteroatoms. The SMILES string of the molecule is Cn1cc(O[C@@H]2COC[C@@H]2NC(=O)c2ncc3c(F)cccn23)cn1. The van der Waals surface area contributed by atoms with E-state index in [9.17, 15) is 9.18 Å². The van der Waals surface area contributed by atoms with Crippen LogP contribution >= 0.6 is 0 Å². The first-order chi connectivity index (χ1) is 12.1. The van der Waals surface area contributed by atoms with Gasteiger partial charge in [-0.2, -0.15) is 5.10 Å². The zero-order valence-corrected chi connectivity index (χ0v) is 13.4. The Hall–Kier alpha value is -2.94. The van der Waals surface area contributed by atoms with Gasteiger partial charge in [0.05, 0.1) is 37.8 Å². The largest absolute Gasteiger partial charge is 0.482 e. The maximum absolute atomic E-state index is 13.7. The minimum atomic E-state index is -0.434. The second-order valence-corrected chi connectivity index (χ2v) is 5.82. The van der Waals surface area contributed by atoms with Gasteiger partial charge in [0.15, 0.2) is 5.75 Å². The molecule has 2 atom stereocenters. The molecule has 1 aliphatic rings. The van der Waals surface area contributed by atoms with Crippen LogP contribution in [0.4, 0.5) is 4.39 Å². The molecule has 0 unspecified atom stereocenters. The Balaban J connectivity index is 1.50. The summed E-state index contributed by atoms with van der Waals surface area (Å²) in [5.41, 5.74) is 0.249. The Labute approximate surface area is 142 Å². The molecular formula is C16H16FN5O3. The van der Waals surface area contributed by atoms with Crippen molar-refractivity contribution in [1.82, 2.24) is 24.5 Å². The smallest absolute Gasteiger partial charge is 0.288 e. The summed E-state index contributed by atoms with van der Waals surface area (Å²) >= 11 is 0. The standard InChI is InChI=1S/C16H16FN5O3/c1-21-7-10(5-19-21)25-14-9-24-8-12(14)20-16(23)15-18-6-13-11(17)3-2-4-22(13)15/h2-7,12,14H,8-9H2,1H3,(H,20,23)/t12-,14+/m0/s1. The number of imidazole rings is 1. The van der Waals surface area contributed by atoms with Gasteiger partial charge in [0.25, 0.3) is 5.91 Å². The first-order valence-electron chi connectivity index (χ1n) is 7.77. The molecule has 0 aromatic carbocycles. The van der Waals surface area contributed by atoms with Gasteiger partial charge < -0.3 is 14.8 Å². The number of halogens is 1. The van der Waals surface area contributed by atoms with Crippen molar-refractivity contribution >= 4 is 11.4 Å². The van der Waals surface area contributed by atoms with Gasteiger partial charge >= 0.3 is 0 Å². The van der Waals surface area contributed by atoms with E-state index in [1.807, 2.05) is 0 Å². The Morgan fingerprint density at radius 1 is 1.44 bits per heavy atom. The average molecular weight is 345 g/mol. The molecule has 1 saturated heterocycles. The third kappa shape index (κ3) is 2.93. The number of nitrogens with zero attached hydrogens (tertiary/aromatic N) is 4. The van der Waals surface area contributed by atoms with Crippen LogP contribution in [0, 0.1) is 5.82 Å². The van der Waals surface area contributed by atoms with Gasteiger partial charge in [-0.15, -0.1) is 0 Å². The van der Waals surface area contributed by atoms with Crippen molar-refractivity contribution in [1.29, 1.82) is 0 Å². The third-order valence-electron chi connectivity index (χ3n) is 4.04. The normalized spacial score (nSPS) is 20.1. The second-order valence-electron chi connectivity index (χ2n) is 5.82. The van der Waals surface area contributed by atoms with Gasteiger partial charge in [0.1, 0.15) is 17.4 Å². The number of fused-ring (bicyclic) bond motifs is 1. The Kier molecular flexibility index (Phi) is 3.85. The molecule has 0 saturated carbocycles. The molecule has 4 rings (SSSR count). The van der Waals surface area contributed by atoms with Crippen molar-refractivity contribution in [2.45, 2.75) is 12.1 Å². The summed E-state index contributed by atoms with van der Waals surface area (Å²) in [4.78, 5) is 16.6. The average Bonchev–Trinajstić information content (AvgIpc) is 3.29. The molecule has 0 radical (unpaired) electrons. The van der Waals surface area contributed by atoms with Crippen LogP contribution in [0.15, 0.2) is 36.9 Å². The minimum absolute atomic E-state index is 0.113. The number of hydrogen-bond acceptors (Lipinski definition) is 5. The van der Waals surface area contributed by atoms with Crippen LogP contribution in [0.5, 0.6) is 5.75 Å². The first kappa shape index (κ1) is 15.6. The van der Waals surface area contributed by atoms with Gasteiger partial charge in [0, 0.05) is 13.2 Å². The Morgan fingerprint density at radius 2 is 2.32 bits per heavy atom. The van der Waals surface area contributed by atoms with E-state index < -0.39 is 11.7 Å². The predicted molar refractivity (Wildman–Crippen MR) is 84.8 cm³/mol. The lowest BCUT2D eigenvalue weighted by molar-refractivity contribution is 0.0893. The van der Waals surface area contributed by atoms with E-state index in [0.717, 1.165) is 0 Å². The fraction of sp³-hybridized carbons (Fsp3) is 0.312. The Morgan fingerprint density at radius 3 is 3.12 bits per heavy atom. The number of carbonyl (C=O) groups is 1. The number of aryl methyl sites for hydroxylation is 1. The number of aromatic nitrogens is 4. The zero-order valence-electron chi connectivity index (χ0n) is 13.4. The molecule has 25 heavy (non-hydrogen) atoms. The first-order valence-corrected chi connectivity index (χ1v) is 7.77. The fourth-order valence-corrected chi connectivity index (χ4v) is 2.81. The monoisotopic (exact) mass is 345 g/mol. The maximum atomic E-state index is 13.7. The molecule has 8 nitrogen and oxygen atoms in total. The number of pyridine rings is 1. The lowest BCUT2D eigenvalue weighted by Crippen LogP contribution is -2.45. The van der Waals surface area contributed by atoms with E-state index in [4.69, 9.17) is 9.47 Å². The number of ether oxygens (including phenoxy) is 2. The molecule has 130 valence electrons. The van der Waals surface area contributed by atoms with Crippen molar-refractivity contribution in [3.8, 4) is 5.75 Å². The Bertz CT molecular complexity index is 922. The highest BCUT2D eigenvalue weighted by Gasteiger charge is 2.32. The number of hydrogen-bond donors (Lipinski definition) is 1. The van der Waals surface area contributed by atoms with Gasteiger partial charge in [-0.05, 0) is 12.1 Å². The molecule has 1 aliphatic heterocycles. The molecule has 1 N–H and O–H groups in total. The van der Waals surface area contributed by atoms with Gasteiger partial charge in [-0.1, -0.05) is 0 Å². The number of rotatable bonds is 4. The van der Waals surface area contributed by atoms with Crippen molar-refractivity contribution in [2.75, 3.05) is 13.2 Å². The van der Waals surface area contributed by atoms with E-state index in [-0.39, 0.29) is 23.5 Å². The van der Waals surface area contributed by atoms with Gasteiger partial charge in [-0.3, -0.25) is 13.9 Å². The van der Waals surface area contributed by atoms with Crippen LogP contribution in [0.3, 0.4) is 0 Å². The predicted octanol–water partition coefficient (Wildman–Crippen LogP) is 0.783. The maximum Gasteiger partial charge on any atom is 0.288 e. The molecule has 3 aromatic heterocycles. The molecule has 0 bridgehead atoms. The highest BCUT2D eigenvalue weighted by molar-refractivity contribution is 5.92. The number of carbonyl (C=O) groups excluding carboxylic acids is 1. The summed E-state index contributed by atoms with van der Waals surface area (Å²) in [6.07, 6.45) is 5.93. The van der Waals surface area contributed by atoms with E-state index in [2.05, 4.69) is 15.4 Å². The topological polar surface area (TPSA) is 82.7 Å².